The van der Waals surface area contributed by atoms with Crippen molar-refractivity contribution in [1.29, 1.82) is 0 Å². The van der Waals surface area contributed by atoms with Gasteiger partial charge in [-0.05, 0) is 24.9 Å². The summed E-state index contributed by atoms with van der Waals surface area (Å²) >= 11 is 0. The monoisotopic (exact) mass is 269 g/mol. The first-order chi connectivity index (χ1) is 8.38. The third-order valence-corrected chi connectivity index (χ3v) is 9.04. The van der Waals surface area contributed by atoms with E-state index < -0.39 is 8.59 Å². The highest BCUT2D eigenvalue weighted by Gasteiger charge is 2.47. The molecule has 2 rings (SSSR count). The van der Waals surface area contributed by atoms with E-state index in [0.29, 0.717) is 12.1 Å². The van der Waals surface area contributed by atoms with E-state index in [-0.39, 0.29) is 5.54 Å². The third-order valence-electron chi connectivity index (χ3n) is 4.26. The summed E-state index contributed by atoms with van der Waals surface area (Å²) in [5.74, 6) is 0.653. The van der Waals surface area contributed by atoms with Crippen molar-refractivity contribution < 1.29 is 8.85 Å². The molecule has 1 atom stereocenters. The molecular formula is C13H28BNO2Si-. The van der Waals surface area contributed by atoms with Crippen LogP contribution >= 0.6 is 0 Å². The molecule has 0 N–H and O–H groups in total. The summed E-state index contributed by atoms with van der Waals surface area (Å²) in [6.07, 6.45) is 4.22. The van der Waals surface area contributed by atoms with Gasteiger partial charge in [-0.3, -0.25) is 0 Å². The van der Waals surface area contributed by atoms with Crippen LogP contribution in [0.25, 0.3) is 0 Å². The Hall–Kier alpha value is 0.162. The van der Waals surface area contributed by atoms with Crippen LogP contribution in [0.3, 0.4) is 0 Å². The van der Waals surface area contributed by atoms with Crippen molar-refractivity contribution in [3.8, 4) is 0 Å². The number of rotatable bonds is 1. The lowest BCUT2D eigenvalue weighted by molar-refractivity contribution is 0.0514. The van der Waals surface area contributed by atoms with Crippen molar-refractivity contribution in [2.24, 2.45) is 0 Å². The summed E-state index contributed by atoms with van der Waals surface area (Å²) in [4.78, 5) is 0. The van der Waals surface area contributed by atoms with Crippen molar-refractivity contribution >= 4 is 14.9 Å². The van der Waals surface area contributed by atoms with Crippen LogP contribution in [0.15, 0.2) is 0 Å². The SMILES string of the molecule is CC(C)B1CCCO[Si-]12OCCCN2C(C)(C)C. The number of hydrogen-bond acceptors (Lipinski definition) is 3. The Balaban J connectivity index is 2.33. The topological polar surface area (TPSA) is 21.7 Å². The maximum absolute atomic E-state index is 6.36. The molecule has 0 aliphatic carbocycles. The van der Waals surface area contributed by atoms with Gasteiger partial charge in [-0.25, -0.2) is 0 Å². The zero-order valence-electron chi connectivity index (χ0n) is 12.7. The van der Waals surface area contributed by atoms with Crippen molar-refractivity contribution in [2.75, 3.05) is 19.8 Å². The predicted octanol–water partition coefficient (Wildman–Crippen LogP) is 2.85. The maximum Gasteiger partial charge on any atom is 0.166 e. The Labute approximate surface area is 114 Å². The molecule has 1 unspecified atom stereocenters. The van der Waals surface area contributed by atoms with Gasteiger partial charge in [-0.2, -0.15) is 0 Å². The molecule has 2 aliphatic heterocycles. The summed E-state index contributed by atoms with van der Waals surface area (Å²) in [5.41, 5.74) is 0.150. The molecule has 0 aromatic carbocycles. The summed E-state index contributed by atoms with van der Waals surface area (Å²) in [6, 6.07) is 0. The van der Waals surface area contributed by atoms with Crippen LogP contribution in [0.4, 0.5) is 0 Å². The van der Waals surface area contributed by atoms with Gasteiger partial charge in [0.05, 0.1) is 6.31 Å². The third kappa shape index (κ3) is 2.55. The largest absolute Gasteiger partial charge is 0.539 e. The van der Waals surface area contributed by atoms with E-state index in [0.717, 1.165) is 26.2 Å². The van der Waals surface area contributed by atoms with Crippen molar-refractivity contribution in [2.45, 2.75) is 65.1 Å². The zero-order valence-corrected chi connectivity index (χ0v) is 13.7. The molecule has 0 bridgehead atoms. The minimum atomic E-state index is -2.19. The molecule has 0 saturated carbocycles. The van der Waals surface area contributed by atoms with Gasteiger partial charge in [-0.15, -0.1) is 0 Å². The van der Waals surface area contributed by atoms with Crippen molar-refractivity contribution in [1.82, 2.24) is 4.57 Å². The first-order valence-electron chi connectivity index (χ1n) is 7.43. The molecule has 0 aromatic heterocycles. The van der Waals surface area contributed by atoms with Gasteiger partial charge in [0.15, 0.2) is 8.59 Å². The van der Waals surface area contributed by atoms with Crippen LogP contribution in [0, 0.1) is 0 Å². The van der Waals surface area contributed by atoms with Crippen molar-refractivity contribution in [3.05, 3.63) is 0 Å². The molecule has 2 aliphatic rings. The molecule has 1 spiro atoms. The molecule has 3 nitrogen and oxygen atoms in total. The first-order valence-corrected chi connectivity index (χ1v) is 9.28. The first kappa shape index (κ1) is 14.6. The van der Waals surface area contributed by atoms with Crippen LogP contribution in [0.1, 0.15) is 47.5 Å². The van der Waals surface area contributed by atoms with Crippen LogP contribution in [-0.2, 0) is 8.85 Å². The Bertz CT molecular complexity index is 289. The lowest BCUT2D eigenvalue weighted by atomic mass is 9.60. The molecule has 2 saturated heterocycles. The Morgan fingerprint density at radius 2 is 1.72 bits per heavy atom. The fraction of sp³-hybridized carbons (Fsp3) is 1.00. The summed E-state index contributed by atoms with van der Waals surface area (Å²) in [5, 5.41) is 0. The van der Waals surface area contributed by atoms with E-state index in [1.54, 1.807) is 0 Å². The average Bonchev–Trinajstić information content (AvgIpc) is 2.28. The van der Waals surface area contributed by atoms with Gasteiger partial charge in [0, 0.05) is 13.2 Å². The highest BCUT2D eigenvalue weighted by molar-refractivity contribution is 7.26. The Morgan fingerprint density at radius 3 is 2.28 bits per heavy atom. The Kier molecular flexibility index (Phi) is 4.27. The molecule has 2 heterocycles. The van der Waals surface area contributed by atoms with Gasteiger partial charge in [-0.1, -0.05) is 46.8 Å². The molecule has 5 heteroatoms. The quantitative estimate of drug-likeness (QED) is 0.683. The van der Waals surface area contributed by atoms with E-state index in [9.17, 15) is 0 Å². The van der Waals surface area contributed by atoms with E-state index in [1.807, 2.05) is 0 Å². The second kappa shape index (κ2) is 5.27. The lowest BCUT2D eigenvalue weighted by Crippen LogP contribution is -2.76. The molecule has 2 fully saturated rings. The predicted molar refractivity (Wildman–Crippen MR) is 79.0 cm³/mol. The van der Waals surface area contributed by atoms with Crippen LogP contribution in [0.2, 0.25) is 12.1 Å². The normalized spacial score (nSPS) is 31.3. The van der Waals surface area contributed by atoms with E-state index in [2.05, 4.69) is 39.2 Å². The summed E-state index contributed by atoms with van der Waals surface area (Å²) in [6.45, 7) is 14.5. The molecule has 0 amide bonds. The molecule has 0 radical (unpaired) electrons. The lowest BCUT2D eigenvalue weighted by Gasteiger charge is -2.66. The highest BCUT2D eigenvalue weighted by Crippen LogP contribution is 2.37. The highest BCUT2D eigenvalue weighted by atomic mass is 28.4. The van der Waals surface area contributed by atoms with Gasteiger partial charge in [0.1, 0.15) is 0 Å². The van der Waals surface area contributed by atoms with Crippen LogP contribution in [-0.4, -0.2) is 44.8 Å². The summed E-state index contributed by atoms with van der Waals surface area (Å²) in [7, 11) is -2.19. The minimum absolute atomic E-state index is 0.150. The van der Waals surface area contributed by atoms with Gasteiger partial charge < -0.3 is 13.4 Å². The second-order valence-corrected chi connectivity index (χ2v) is 10.1. The smallest absolute Gasteiger partial charge is 0.166 e. The van der Waals surface area contributed by atoms with E-state index >= 15 is 0 Å². The van der Waals surface area contributed by atoms with Crippen LogP contribution in [0.5, 0.6) is 0 Å². The standard InChI is InChI=1S/C13H28BNO2Si/c1-12(2)14-8-6-10-16-18(14)15(13(3,4)5)9-7-11-17-18/h12H,6-11H2,1-5H3/q-1. The fourth-order valence-electron chi connectivity index (χ4n) is 3.47. The van der Waals surface area contributed by atoms with E-state index in [4.69, 9.17) is 8.85 Å². The van der Waals surface area contributed by atoms with Gasteiger partial charge >= 0.3 is 0 Å². The average molecular weight is 269 g/mol. The van der Waals surface area contributed by atoms with Crippen molar-refractivity contribution in [3.63, 3.8) is 0 Å². The minimum Gasteiger partial charge on any atom is -0.539 e. The molecule has 0 aromatic rings. The van der Waals surface area contributed by atoms with E-state index in [1.165, 1.54) is 12.7 Å². The van der Waals surface area contributed by atoms with Gasteiger partial charge in [0.25, 0.3) is 0 Å². The molecular weight excluding hydrogens is 241 g/mol. The zero-order chi connectivity index (χ0) is 13.4. The number of hydrogen-bond donors (Lipinski definition) is 0. The number of nitrogens with zero attached hydrogens (tertiary/aromatic N) is 1. The molecule has 18 heavy (non-hydrogen) atoms. The second-order valence-electron chi connectivity index (χ2n) is 7.00. The maximum atomic E-state index is 6.36. The molecule has 105 valence electrons. The summed E-state index contributed by atoms with van der Waals surface area (Å²) < 4.78 is 15.3. The van der Waals surface area contributed by atoms with Gasteiger partial charge in [0.2, 0.25) is 0 Å². The Morgan fingerprint density at radius 1 is 1.11 bits per heavy atom. The van der Waals surface area contributed by atoms with Crippen LogP contribution < -0.4 is 0 Å². The fourth-order valence-corrected chi connectivity index (χ4v) is 8.38.